The van der Waals surface area contributed by atoms with Gasteiger partial charge < -0.3 is 4.90 Å². The van der Waals surface area contributed by atoms with Gasteiger partial charge in [0.1, 0.15) is 0 Å². The van der Waals surface area contributed by atoms with Crippen molar-refractivity contribution in [1.29, 1.82) is 0 Å². The van der Waals surface area contributed by atoms with Gasteiger partial charge in [0.15, 0.2) is 0 Å². The first-order chi connectivity index (χ1) is 11.6. The fraction of sp³-hybridized carbons (Fsp3) is 0.789. The molecule has 1 aromatic heterocycles. The average molecular weight is 348 g/mol. The maximum Gasteiger partial charge on any atom is 0.225 e. The highest BCUT2D eigenvalue weighted by molar-refractivity contribution is 7.09. The average Bonchev–Trinajstić information content (AvgIpc) is 3.31. The predicted molar refractivity (Wildman–Crippen MR) is 97.0 cm³/mol. The minimum absolute atomic E-state index is 0.316. The van der Waals surface area contributed by atoms with Crippen molar-refractivity contribution in [2.24, 2.45) is 11.3 Å². The fourth-order valence-electron chi connectivity index (χ4n) is 4.96. The van der Waals surface area contributed by atoms with E-state index in [-0.39, 0.29) is 0 Å². The number of piperidine rings is 1. The molecule has 4 rings (SSSR count). The van der Waals surface area contributed by atoms with Gasteiger partial charge in [-0.15, -0.1) is 11.3 Å². The summed E-state index contributed by atoms with van der Waals surface area (Å²) in [6, 6.07) is 0. The number of thiazole rings is 1. The summed E-state index contributed by atoms with van der Waals surface area (Å²) in [5.41, 5.74) is 1.68. The summed E-state index contributed by atoms with van der Waals surface area (Å²) in [7, 11) is 0. The Hall–Kier alpha value is -0.940. The second-order valence-corrected chi connectivity index (χ2v) is 9.17. The Morgan fingerprint density at radius 2 is 2.00 bits per heavy atom. The summed E-state index contributed by atoms with van der Waals surface area (Å²) in [5.74, 6) is 0.778. The minimum atomic E-state index is 0.316. The highest BCUT2D eigenvalue weighted by Crippen LogP contribution is 2.49. The largest absolute Gasteiger partial charge is 0.342 e. The number of amides is 1. The van der Waals surface area contributed by atoms with Crippen LogP contribution in [-0.4, -0.2) is 46.9 Å². The number of aromatic nitrogens is 1. The number of carbonyl (C=O) groups excluding carboxylic acids is 1. The van der Waals surface area contributed by atoms with Crippen LogP contribution < -0.4 is 0 Å². The number of hydrogen-bond acceptors (Lipinski definition) is 4. The zero-order valence-corrected chi connectivity index (χ0v) is 15.6. The molecule has 3 aliphatic rings. The van der Waals surface area contributed by atoms with E-state index in [0.717, 1.165) is 37.5 Å². The quantitative estimate of drug-likeness (QED) is 0.840. The SMILES string of the molecule is Cc1nc(CN2CCC3(CCC(C(=O)N4CCCC4)C3)CC2)cs1. The molecule has 1 aromatic rings. The molecular weight excluding hydrogens is 318 g/mol. The molecule has 0 radical (unpaired) electrons. The molecule has 1 aliphatic carbocycles. The normalized spacial score (nSPS) is 27.2. The van der Waals surface area contributed by atoms with Crippen LogP contribution in [0, 0.1) is 18.3 Å². The van der Waals surface area contributed by atoms with Crippen molar-refractivity contribution in [3.63, 3.8) is 0 Å². The topological polar surface area (TPSA) is 36.4 Å². The summed E-state index contributed by atoms with van der Waals surface area (Å²) in [5, 5.41) is 3.36. The molecule has 132 valence electrons. The third kappa shape index (κ3) is 3.38. The zero-order chi connectivity index (χ0) is 16.6. The summed E-state index contributed by atoms with van der Waals surface area (Å²) in [6.07, 6.45) is 8.47. The Morgan fingerprint density at radius 1 is 1.25 bits per heavy atom. The second kappa shape index (κ2) is 6.75. The van der Waals surface area contributed by atoms with E-state index < -0.39 is 0 Å². The lowest BCUT2D eigenvalue weighted by molar-refractivity contribution is -0.134. The lowest BCUT2D eigenvalue weighted by atomic mass is 9.76. The van der Waals surface area contributed by atoms with E-state index in [1.54, 1.807) is 11.3 Å². The maximum atomic E-state index is 12.7. The van der Waals surface area contributed by atoms with Crippen LogP contribution in [0.2, 0.25) is 0 Å². The van der Waals surface area contributed by atoms with Crippen molar-refractivity contribution in [1.82, 2.24) is 14.8 Å². The Bertz CT molecular complexity index is 585. The highest BCUT2D eigenvalue weighted by atomic mass is 32.1. The van der Waals surface area contributed by atoms with Crippen LogP contribution in [0.3, 0.4) is 0 Å². The predicted octanol–water partition coefficient (Wildman–Crippen LogP) is 3.46. The summed E-state index contributed by atoms with van der Waals surface area (Å²) in [4.78, 5) is 22.0. The molecule has 4 nitrogen and oxygen atoms in total. The second-order valence-electron chi connectivity index (χ2n) is 8.11. The minimum Gasteiger partial charge on any atom is -0.342 e. The number of hydrogen-bond donors (Lipinski definition) is 0. The van der Waals surface area contributed by atoms with Crippen LogP contribution in [0.15, 0.2) is 5.38 Å². The van der Waals surface area contributed by atoms with Crippen LogP contribution >= 0.6 is 11.3 Å². The van der Waals surface area contributed by atoms with Crippen LogP contribution in [0.5, 0.6) is 0 Å². The Labute approximate surface area is 149 Å². The van der Waals surface area contributed by atoms with Crippen molar-refractivity contribution in [2.45, 2.75) is 58.4 Å². The molecule has 1 spiro atoms. The molecule has 24 heavy (non-hydrogen) atoms. The number of aryl methyl sites for hydroxylation is 1. The lowest BCUT2D eigenvalue weighted by Gasteiger charge is -2.39. The van der Waals surface area contributed by atoms with E-state index in [1.807, 2.05) is 0 Å². The van der Waals surface area contributed by atoms with Gasteiger partial charge in [-0.2, -0.15) is 0 Å². The summed E-state index contributed by atoms with van der Waals surface area (Å²) >= 11 is 1.75. The van der Waals surface area contributed by atoms with E-state index >= 15 is 0 Å². The van der Waals surface area contributed by atoms with Crippen molar-refractivity contribution >= 4 is 17.2 Å². The van der Waals surface area contributed by atoms with Gasteiger partial charge in [-0.1, -0.05) is 0 Å². The van der Waals surface area contributed by atoms with E-state index in [2.05, 4.69) is 27.1 Å². The van der Waals surface area contributed by atoms with E-state index in [1.165, 1.54) is 50.9 Å². The van der Waals surface area contributed by atoms with Gasteiger partial charge >= 0.3 is 0 Å². The van der Waals surface area contributed by atoms with Crippen LogP contribution in [0.25, 0.3) is 0 Å². The number of likely N-dealkylation sites (tertiary alicyclic amines) is 2. The maximum absolute atomic E-state index is 12.7. The Morgan fingerprint density at radius 3 is 2.67 bits per heavy atom. The number of nitrogens with zero attached hydrogens (tertiary/aromatic N) is 3. The molecule has 1 saturated carbocycles. The number of carbonyl (C=O) groups is 1. The van der Waals surface area contributed by atoms with Gasteiger partial charge in [0.05, 0.1) is 10.7 Å². The van der Waals surface area contributed by atoms with Crippen molar-refractivity contribution in [3.8, 4) is 0 Å². The summed E-state index contributed by atoms with van der Waals surface area (Å²) in [6.45, 7) is 7.42. The number of rotatable bonds is 3. The first-order valence-corrected chi connectivity index (χ1v) is 10.4. The third-order valence-corrected chi connectivity index (χ3v) is 7.26. The van der Waals surface area contributed by atoms with Crippen molar-refractivity contribution < 1.29 is 4.79 Å². The highest BCUT2D eigenvalue weighted by Gasteiger charge is 2.44. The first-order valence-electron chi connectivity index (χ1n) is 9.56. The van der Waals surface area contributed by atoms with Crippen molar-refractivity contribution in [2.75, 3.05) is 26.2 Å². The smallest absolute Gasteiger partial charge is 0.225 e. The molecule has 2 aliphatic heterocycles. The van der Waals surface area contributed by atoms with Crippen molar-refractivity contribution in [3.05, 3.63) is 16.1 Å². The van der Waals surface area contributed by atoms with Gasteiger partial charge in [-0.3, -0.25) is 9.69 Å². The lowest BCUT2D eigenvalue weighted by Crippen LogP contribution is -2.39. The fourth-order valence-corrected chi connectivity index (χ4v) is 5.57. The van der Waals surface area contributed by atoms with E-state index in [0.29, 0.717) is 17.2 Å². The molecule has 1 atom stereocenters. The van der Waals surface area contributed by atoms with Crippen LogP contribution in [0.1, 0.15) is 55.6 Å². The standard InChI is InChI=1S/C19H29N3OS/c1-15-20-17(14-24-15)13-21-10-6-19(7-11-21)5-4-16(12-19)18(23)22-8-2-3-9-22/h14,16H,2-13H2,1H3. The molecule has 3 heterocycles. The molecule has 5 heteroatoms. The third-order valence-electron chi connectivity index (χ3n) is 6.44. The molecule has 0 N–H and O–H groups in total. The molecule has 1 amide bonds. The van der Waals surface area contributed by atoms with Gasteiger partial charge in [0.2, 0.25) is 5.91 Å². The van der Waals surface area contributed by atoms with Crippen LogP contribution in [0.4, 0.5) is 0 Å². The Balaban J connectivity index is 1.29. The van der Waals surface area contributed by atoms with Gasteiger partial charge in [-0.25, -0.2) is 4.98 Å². The van der Waals surface area contributed by atoms with Crippen LogP contribution in [-0.2, 0) is 11.3 Å². The monoisotopic (exact) mass is 347 g/mol. The molecule has 1 unspecified atom stereocenters. The van der Waals surface area contributed by atoms with Gasteiger partial charge in [-0.05, 0) is 70.4 Å². The van der Waals surface area contributed by atoms with E-state index in [9.17, 15) is 4.79 Å². The molecule has 2 saturated heterocycles. The zero-order valence-electron chi connectivity index (χ0n) is 14.8. The van der Waals surface area contributed by atoms with E-state index in [4.69, 9.17) is 0 Å². The molecule has 0 aromatic carbocycles. The Kier molecular flexibility index (Phi) is 4.65. The molecule has 0 bridgehead atoms. The summed E-state index contributed by atoms with van der Waals surface area (Å²) < 4.78 is 0. The first kappa shape index (κ1) is 16.5. The molecule has 3 fully saturated rings. The van der Waals surface area contributed by atoms with Gasteiger partial charge in [0, 0.05) is 30.9 Å². The molecular formula is C19H29N3OS. The van der Waals surface area contributed by atoms with Gasteiger partial charge in [0.25, 0.3) is 0 Å².